The second-order valence-corrected chi connectivity index (χ2v) is 7.38. The van der Waals surface area contributed by atoms with Crippen molar-refractivity contribution in [3.8, 4) is 0 Å². The zero-order chi connectivity index (χ0) is 16.4. The molecule has 0 heterocycles. The van der Waals surface area contributed by atoms with Crippen LogP contribution in [0.2, 0.25) is 0 Å². The summed E-state index contributed by atoms with van der Waals surface area (Å²) in [4.78, 5) is -0.0295. The van der Waals surface area contributed by atoms with E-state index in [0.717, 1.165) is 6.07 Å². The van der Waals surface area contributed by atoms with Crippen LogP contribution >= 0.6 is 0 Å². The Hall–Kier alpha value is -1.18. The summed E-state index contributed by atoms with van der Waals surface area (Å²) in [6.45, 7) is 6.76. The number of aryl methyl sites for hydroxylation is 1. The molecule has 0 bridgehead atoms. The van der Waals surface area contributed by atoms with Crippen LogP contribution in [0.1, 0.15) is 31.4 Å². The van der Waals surface area contributed by atoms with Gasteiger partial charge in [0.05, 0.1) is 16.7 Å². The maximum Gasteiger partial charge on any atom is 0.241 e. The van der Waals surface area contributed by atoms with Gasteiger partial charge in [0.25, 0.3) is 0 Å². The normalized spacial score (nSPS) is 13.7. The van der Waals surface area contributed by atoms with Gasteiger partial charge in [-0.1, -0.05) is 13.8 Å². The Balaban J connectivity index is 3.02. The van der Waals surface area contributed by atoms with Gasteiger partial charge in [0.15, 0.2) is 0 Å². The lowest BCUT2D eigenvalue weighted by molar-refractivity contribution is 0.152. The van der Waals surface area contributed by atoms with Crippen molar-refractivity contribution >= 4 is 15.7 Å². The molecule has 5 nitrogen and oxygen atoms in total. The van der Waals surface area contributed by atoms with Gasteiger partial charge < -0.3 is 10.8 Å². The minimum absolute atomic E-state index is 0.0295. The van der Waals surface area contributed by atoms with Crippen molar-refractivity contribution in [3.63, 3.8) is 0 Å². The Kier molecular flexibility index (Phi) is 5.72. The largest absolute Gasteiger partial charge is 0.396 e. The Morgan fingerprint density at radius 3 is 2.48 bits per heavy atom. The molecular formula is C14H23FN2O3S. The number of aliphatic hydroxyl groups is 1. The van der Waals surface area contributed by atoms with E-state index < -0.39 is 21.9 Å². The molecule has 0 saturated carbocycles. The van der Waals surface area contributed by atoms with Gasteiger partial charge in [-0.15, -0.1) is 0 Å². The Bertz CT molecular complexity index is 615. The molecule has 0 fully saturated rings. The SMILES string of the molecule is Cc1cc(F)c(N)c(C)c1S(=O)(=O)NCC(O)CC(C)C. The van der Waals surface area contributed by atoms with Crippen molar-refractivity contribution in [2.24, 2.45) is 5.92 Å². The summed E-state index contributed by atoms with van der Waals surface area (Å²) in [5.41, 5.74) is 5.84. The molecule has 0 aliphatic rings. The van der Waals surface area contributed by atoms with E-state index in [9.17, 15) is 17.9 Å². The third-order valence-corrected chi connectivity index (χ3v) is 4.94. The molecule has 21 heavy (non-hydrogen) atoms. The number of hydrogen-bond acceptors (Lipinski definition) is 4. The maximum atomic E-state index is 13.5. The molecule has 1 aromatic carbocycles. The number of aliphatic hydroxyl groups excluding tert-OH is 1. The molecule has 0 aliphatic carbocycles. The fourth-order valence-corrected chi connectivity index (χ4v) is 3.80. The molecule has 0 radical (unpaired) electrons. The second-order valence-electron chi connectivity index (χ2n) is 5.68. The van der Waals surface area contributed by atoms with Crippen LogP contribution in [0.25, 0.3) is 0 Å². The zero-order valence-corrected chi connectivity index (χ0v) is 13.6. The number of hydrogen-bond donors (Lipinski definition) is 3. The maximum absolute atomic E-state index is 13.5. The molecule has 7 heteroatoms. The Labute approximate surface area is 125 Å². The molecule has 0 aliphatic heterocycles. The van der Waals surface area contributed by atoms with E-state index in [4.69, 9.17) is 5.73 Å². The molecule has 0 saturated heterocycles. The number of nitrogens with two attached hydrogens (primary N) is 1. The smallest absolute Gasteiger partial charge is 0.241 e. The first-order valence-electron chi connectivity index (χ1n) is 6.79. The minimum Gasteiger partial charge on any atom is -0.396 e. The molecule has 4 N–H and O–H groups in total. The average molecular weight is 318 g/mol. The predicted molar refractivity (Wildman–Crippen MR) is 80.9 cm³/mol. The number of anilines is 1. The number of benzene rings is 1. The number of sulfonamides is 1. The zero-order valence-electron chi connectivity index (χ0n) is 12.8. The fourth-order valence-electron chi connectivity index (χ4n) is 2.25. The standard InChI is InChI=1S/C14H23FN2O3S/c1-8(2)5-11(18)7-17-21(19,20)14-9(3)6-12(15)13(16)10(14)4/h6,8,11,17-18H,5,7,16H2,1-4H3. The highest BCUT2D eigenvalue weighted by atomic mass is 32.2. The van der Waals surface area contributed by atoms with Crippen molar-refractivity contribution in [2.45, 2.75) is 45.1 Å². The van der Waals surface area contributed by atoms with Crippen LogP contribution in [-0.4, -0.2) is 26.2 Å². The lowest BCUT2D eigenvalue weighted by Crippen LogP contribution is -2.33. The summed E-state index contributed by atoms with van der Waals surface area (Å²) in [5.74, 6) is -0.377. The molecule has 1 rings (SSSR count). The summed E-state index contributed by atoms with van der Waals surface area (Å²) in [5, 5.41) is 9.76. The minimum atomic E-state index is -3.85. The molecule has 120 valence electrons. The van der Waals surface area contributed by atoms with E-state index >= 15 is 0 Å². The number of nitrogens with one attached hydrogen (secondary N) is 1. The van der Waals surface area contributed by atoms with Gasteiger partial charge in [0, 0.05) is 6.54 Å². The van der Waals surface area contributed by atoms with Crippen LogP contribution in [0.4, 0.5) is 10.1 Å². The molecule has 0 aromatic heterocycles. The number of nitrogen functional groups attached to an aromatic ring is 1. The Morgan fingerprint density at radius 1 is 1.38 bits per heavy atom. The Morgan fingerprint density at radius 2 is 1.95 bits per heavy atom. The summed E-state index contributed by atoms with van der Waals surface area (Å²) < 4.78 is 40.5. The second kappa shape index (κ2) is 6.72. The average Bonchev–Trinajstić information content (AvgIpc) is 2.32. The van der Waals surface area contributed by atoms with Gasteiger partial charge in [-0.25, -0.2) is 17.5 Å². The summed E-state index contributed by atoms with van der Waals surface area (Å²) >= 11 is 0. The van der Waals surface area contributed by atoms with Gasteiger partial charge in [-0.2, -0.15) is 0 Å². The van der Waals surface area contributed by atoms with Crippen LogP contribution < -0.4 is 10.5 Å². The van der Waals surface area contributed by atoms with Crippen molar-refractivity contribution < 1.29 is 17.9 Å². The predicted octanol–water partition coefficient (Wildman–Crippen LogP) is 1.71. The van der Waals surface area contributed by atoms with Gasteiger partial charge in [0.1, 0.15) is 5.82 Å². The van der Waals surface area contributed by atoms with Crippen molar-refractivity contribution in [2.75, 3.05) is 12.3 Å². The summed E-state index contributed by atoms with van der Waals surface area (Å²) in [7, 11) is -3.85. The third kappa shape index (κ3) is 4.39. The van der Waals surface area contributed by atoms with Gasteiger partial charge >= 0.3 is 0 Å². The van der Waals surface area contributed by atoms with Crippen molar-refractivity contribution in [3.05, 3.63) is 23.0 Å². The first-order valence-corrected chi connectivity index (χ1v) is 8.27. The van der Waals surface area contributed by atoms with Gasteiger partial charge in [-0.05, 0) is 43.4 Å². The van der Waals surface area contributed by atoms with E-state index in [1.807, 2.05) is 13.8 Å². The van der Waals surface area contributed by atoms with E-state index in [-0.39, 0.29) is 34.2 Å². The highest BCUT2D eigenvalue weighted by Crippen LogP contribution is 2.27. The quantitative estimate of drug-likeness (QED) is 0.696. The van der Waals surface area contributed by atoms with Crippen LogP contribution in [0.5, 0.6) is 0 Å². The molecule has 0 spiro atoms. The van der Waals surface area contributed by atoms with Crippen LogP contribution in [0, 0.1) is 25.6 Å². The van der Waals surface area contributed by atoms with Crippen molar-refractivity contribution in [1.82, 2.24) is 4.72 Å². The van der Waals surface area contributed by atoms with Crippen LogP contribution in [-0.2, 0) is 10.0 Å². The monoisotopic (exact) mass is 318 g/mol. The lowest BCUT2D eigenvalue weighted by Gasteiger charge is -2.17. The molecular weight excluding hydrogens is 295 g/mol. The van der Waals surface area contributed by atoms with E-state index in [0.29, 0.717) is 6.42 Å². The van der Waals surface area contributed by atoms with Crippen LogP contribution in [0.3, 0.4) is 0 Å². The summed E-state index contributed by atoms with van der Waals surface area (Å²) in [6.07, 6.45) is -0.273. The van der Waals surface area contributed by atoms with Gasteiger partial charge in [-0.3, -0.25) is 0 Å². The molecule has 1 unspecified atom stereocenters. The van der Waals surface area contributed by atoms with Gasteiger partial charge in [0.2, 0.25) is 10.0 Å². The van der Waals surface area contributed by atoms with E-state index in [2.05, 4.69) is 4.72 Å². The highest BCUT2D eigenvalue weighted by molar-refractivity contribution is 7.89. The third-order valence-electron chi connectivity index (χ3n) is 3.22. The molecule has 0 amide bonds. The number of halogens is 1. The number of rotatable bonds is 6. The van der Waals surface area contributed by atoms with Crippen molar-refractivity contribution in [1.29, 1.82) is 0 Å². The summed E-state index contributed by atoms with van der Waals surface area (Å²) in [6, 6.07) is 1.10. The highest BCUT2D eigenvalue weighted by Gasteiger charge is 2.23. The topological polar surface area (TPSA) is 92.4 Å². The van der Waals surface area contributed by atoms with E-state index in [1.165, 1.54) is 13.8 Å². The molecule has 1 atom stereocenters. The molecule has 1 aromatic rings. The van der Waals surface area contributed by atoms with Crippen LogP contribution in [0.15, 0.2) is 11.0 Å². The lowest BCUT2D eigenvalue weighted by atomic mass is 10.1. The van der Waals surface area contributed by atoms with E-state index in [1.54, 1.807) is 0 Å². The first-order chi connectivity index (χ1) is 9.56. The first kappa shape index (κ1) is 17.9. The fraction of sp³-hybridized carbons (Fsp3) is 0.571.